The van der Waals surface area contributed by atoms with E-state index in [2.05, 4.69) is 5.32 Å². The van der Waals surface area contributed by atoms with Gasteiger partial charge in [0.2, 0.25) is 0 Å². The fraction of sp³-hybridized carbons (Fsp3) is 0.0769. The predicted molar refractivity (Wildman–Crippen MR) is 76.8 cm³/mol. The van der Waals surface area contributed by atoms with Crippen LogP contribution in [-0.2, 0) is 6.54 Å². The molecule has 0 atom stereocenters. The summed E-state index contributed by atoms with van der Waals surface area (Å²) in [5.74, 6) is -0.566. The maximum Gasteiger partial charge on any atom is 0.271 e. The number of hydrogen-bond acceptors (Lipinski definition) is 3. The standard InChI is InChI=1S/C13H9Cl2FN2O2/c14-9-3-8(4-10(15)5-9)7-17-13-6-11(18(19)20)1-2-12(13)16/h1-6,17H,7H2. The summed E-state index contributed by atoms with van der Waals surface area (Å²) in [6.45, 7) is 0.248. The first-order valence-corrected chi connectivity index (χ1v) is 6.34. The predicted octanol–water partition coefficient (Wildman–Crippen LogP) is 4.65. The minimum absolute atomic E-state index is 0.0512. The number of nitrogens with zero attached hydrogens (tertiary/aromatic N) is 1. The van der Waals surface area contributed by atoms with Gasteiger partial charge < -0.3 is 5.32 Å². The first-order valence-electron chi connectivity index (χ1n) is 5.58. The van der Waals surface area contributed by atoms with Crippen molar-refractivity contribution >= 4 is 34.6 Å². The van der Waals surface area contributed by atoms with Crippen molar-refractivity contribution in [2.24, 2.45) is 0 Å². The topological polar surface area (TPSA) is 55.2 Å². The van der Waals surface area contributed by atoms with E-state index < -0.39 is 10.7 Å². The number of benzene rings is 2. The molecule has 0 aliphatic heterocycles. The molecule has 0 bridgehead atoms. The van der Waals surface area contributed by atoms with Crippen molar-refractivity contribution in [3.05, 3.63) is 67.9 Å². The van der Waals surface area contributed by atoms with Gasteiger partial charge in [0.1, 0.15) is 5.82 Å². The number of halogens is 3. The van der Waals surface area contributed by atoms with Crippen molar-refractivity contribution in [3.63, 3.8) is 0 Å². The molecule has 0 heterocycles. The summed E-state index contributed by atoms with van der Waals surface area (Å²) in [4.78, 5) is 10.1. The third-order valence-electron chi connectivity index (χ3n) is 2.57. The Balaban J connectivity index is 2.18. The highest BCUT2D eigenvalue weighted by Crippen LogP contribution is 2.23. The van der Waals surface area contributed by atoms with Crippen LogP contribution in [0.4, 0.5) is 15.8 Å². The normalized spacial score (nSPS) is 10.3. The van der Waals surface area contributed by atoms with Gasteiger partial charge in [-0.3, -0.25) is 10.1 Å². The minimum Gasteiger partial charge on any atom is -0.378 e. The van der Waals surface area contributed by atoms with Crippen LogP contribution in [0.5, 0.6) is 0 Å². The fourth-order valence-electron chi connectivity index (χ4n) is 1.67. The summed E-state index contributed by atoms with van der Waals surface area (Å²) in [7, 11) is 0. The van der Waals surface area contributed by atoms with Gasteiger partial charge >= 0.3 is 0 Å². The van der Waals surface area contributed by atoms with E-state index >= 15 is 0 Å². The van der Waals surface area contributed by atoms with Crippen LogP contribution in [0.1, 0.15) is 5.56 Å². The van der Waals surface area contributed by atoms with E-state index in [1.807, 2.05) is 0 Å². The molecule has 0 aromatic heterocycles. The fourth-order valence-corrected chi connectivity index (χ4v) is 2.24. The maximum atomic E-state index is 13.6. The van der Waals surface area contributed by atoms with Gasteiger partial charge in [-0.15, -0.1) is 0 Å². The van der Waals surface area contributed by atoms with Gasteiger partial charge in [-0.05, 0) is 29.8 Å². The zero-order valence-corrected chi connectivity index (χ0v) is 11.6. The summed E-state index contributed by atoms with van der Waals surface area (Å²) in [5, 5.41) is 14.4. The molecule has 0 saturated carbocycles. The molecule has 0 aliphatic rings. The van der Waals surface area contributed by atoms with Crippen LogP contribution >= 0.6 is 23.2 Å². The second-order valence-corrected chi connectivity index (χ2v) is 4.93. The molecular weight excluding hydrogens is 306 g/mol. The van der Waals surface area contributed by atoms with Gasteiger partial charge in [-0.1, -0.05) is 23.2 Å². The molecule has 20 heavy (non-hydrogen) atoms. The lowest BCUT2D eigenvalue weighted by Crippen LogP contribution is -2.02. The highest BCUT2D eigenvalue weighted by atomic mass is 35.5. The molecule has 2 aromatic carbocycles. The van der Waals surface area contributed by atoms with Crippen molar-refractivity contribution in [1.29, 1.82) is 0 Å². The summed E-state index contributed by atoms with van der Waals surface area (Å²) < 4.78 is 13.6. The van der Waals surface area contributed by atoms with Crippen LogP contribution < -0.4 is 5.32 Å². The van der Waals surface area contributed by atoms with E-state index in [4.69, 9.17) is 23.2 Å². The monoisotopic (exact) mass is 314 g/mol. The van der Waals surface area contributed by atoms with Gasteiger partial charge in [0.25, 0.3) is 5.69 Å². The van der Waals surface area contributed by atoms with Crippen molar-refractivity contribution in [1.82, 2.24) is 0 Å². The van der Waals surface area contributed by atoms with Crippen LogP contribution in [0.15, 0.2) is 36.4 Å². The Morgan fingerprint density at radius 1 is 1.15 bits per heavy atom. The van der Waals surface area contributed by atoms with Crippen LogP contribution in [0.25, 0.3) is 0 Å². The van der Waals surface area contributed by atoms with Crippen LogP contribution in [0, 0.1) is 15.9 Å². The molecule has 0 amide bonds. The summed E-state index contributed by atoms with van der Waals surface area (Å²) in [6.07, 6.45) is 0. The van der Waals surface area contributed by atoms with Crippen molar-refractivity contribution in [2.75, 3.05) is 5.32 Å². The Morgan fingerprint density at radius 2 is 1.80 bits per heavy atom. The van der Waals surface area contributed by atoms with Crippen LogP contribution in [0.3, 0.4) is 0 Å². The van der Waals surface area contributed by atoms with E-state index in [0.717, 1.165) is 23.8 Å². The average Bonchev–Trinajstić information content (AvgIpc) is 2.36. The number of nitrogens with one attached hydrogen (secondary N) is 1. The average molecular weight is 315 g/mol. The molecule has 1 N–H and O–H groups in total. The van der Waals surface area contributed by atoms with E-state index in [1.165, 1.54) is 0 Å². The van der Waals surface area contributed by atoms with E-state index in [-0.39, 0.29) is 17.9 Å². The van der Waals surface area contributed by atoms with Gasteiger partial charge in [-0.25, -0.2) is 4.39 Å². The smallest absolute Gasteiger partial charge is 0.271 e. The second kappa shape index (κ2) is 6.07. The summed E-state index contributed by atoms with van der Waals surface area (Å²) >= 11 is 11.7. The van der Waals surface area contributed by atoms with Gasteiger partial charge in [0.05, 0.1) is 10.6 Å². The van der Waals surface area contributed by atoms with Crippen molar-refractivity contribution in [2.45, 2.75) is 6.54 Å². The van der Waals surface area contributed by atoms with Gasteiger partial charge in [0.15, 0.2) is 0 Å². The number of non-ortho nitro benzene ring substituents is 1. The van der Waals surface area contributed by atoms with Gasteiger partial charge in [-0.2, -0.15) is 0 Å². The quantitative estimate of drug-likeness (QED) is 0.660. The van der Waals surface area contributed by atoms with Crippen molar-refractivity contribution < 1.29 is 9.31 Å². The second-order valence-electron chi connectivity index (χ2n) is 4.05. The molecule has 2 aromatic rings. The van der Waals surface area contributed by atoms with Crippen LogP contribution in [-0.4, -0.2) is 4.92 Å². The molecule has 0 saturated heterocycles. The number of rotatable bonds is 4. The lowest BCUT2D eigenvalue weighted by atomic mass is 10.2. The Morgan fingerprint density at radius 3 is 2.40 bits per heavy atom. The SMILES string of the molecule is O=[N+]([O-])c1ccc(F)c(NCc2cc(Cl)cc(Cl)c2)c1. The minimum atomic E-state index is -0.582. The molecule has 0 aliphatic carbocycles. The van der Waals surface area contributed by atoms with E-state index in [1.54, 1.807) is 18.2 Å². The first kappa shape index (κ1) is 14.6. The molecule has 0 fully saturated rings. The summed E-state index contributed by atoms with van der Waals surface area (Å²) in [5.41, 5.74) is 0.613. The molecular formula is C13H9Cl2FN2O2. The van der Waals surface area contributed by atoms with Gasteiger partial charge in [0, 0.05) is 28.7 Å². The molecule has 4 nitrogen and oxygen atoms in total. The molecule has 104 valence electrons. The largest absolute Gasteiger partial charge is 0.378 e. The van der Waals surface area contributed by atoms with E-state index in [0.29, 0.717) is 10.0 Å². The summed E-state index contributed by atoms with van der Waals surface area (Å²) in [6, 6.07) is 8.23. The Kier molecular flexibility index (Phi) is 4.42. The first-order chi connectivity index (χ1) is 9.45. The molecule has 2 rings (SSSR count). The Labute approximate surface area is 124 Å². The third kappa shape index (κ3) is 3.59. The number of nitro benzene ring substituents is 1. The zero-order valence-electron chi connectivity index (χ0n) is 10.1. The highest BCUT2D eigenvalue weighted by Gasteiger charge is 2.10. The Bertz CT molecular complexity index is 645. The molecule has 0 unspecified atom stereocenters. The lowest BCUT2D eigenvalue weighted by Gasteiger charge is -2.08. The lowest BCUT2D eigenvalue weighted by molar-refractivity contribution is -0.384. The zero-order chi connectivity index (χ0) is 14.7. The van der Waals surface area contributed by atoms with Crippen LogP contribution in [0.2, 0.25) is 10.0 Å². The Hall–Kier alpha value is -1.85. The molecule has 0 radical (unpaired) electrons. The molecule has 7 heteroatoms. The van der Waals surface area contributed by atoms with Crippen molar-refractivity contribution in [3.8, 4) is 0 Å². The highest BCUT2D eigenvalue weighted by molar-refractivity contribution is 6.34. The maximum absolute atomic E-state index is 13.6. The number of hydrogen-bond donors (Lipinski definition) is 1. The third-order valence-corrected chi connectivity index (χ3v) is 3.00. The number of anilines is 1. The number of nitro groups is 1. The molecule has 0 spiro atoms. The van der Waals surface area contributed by atoms with E-state index in [9.17, 15) is 14.5 Å².